The van der Waals surface area contributed by atoms with Gasteiger partial charge in [-0.05, 0) is 60.2 Å². The standard InChI is InChI=1S/C20H24N2O3S/c1-14(2)15-6-4-8-18(13-15)21-20(23)17-9-10-19-16(12-17)7-5-11-22(19)26(3,24)25/h4,6,8-10,12-14H,5,7,11H2,1-3H3,(H,21,23). The molecule has 0 saturated carbocycles. The molecule has 0 spiro atoms. The number of benzene rings is 2. The lowest BCUT2D eigenvalue weighted by molar-refractivity contribution is 0.102. The second-order valence-corrected chi connectivity index (χ2v) is 8.92. The fourth-order valence-electron chi connectivity index (χ4n) is 3.23. The minimum atomic E-state index is -3.30. The molecular weight excluding hydrogens is 348 g/mol. The molecule has 138 valence electrons. The van der Waals surface area contributed by atoms with E-state index in [-0.39, 0.29) is 5.91 Å². The molecule has 0 aromatic heterocycles. The summed E-state index contributed by atoms with van der Waals surface area (Å²) in [6.45, 7) is 4.70. The number of nitrogens with zero attached hydrogens (tertiary/aromatic N) is 1. The first kappa shape index (κ1) is 18.5. The summed E-state index contributed by atoms with van der Waals surface area (Å²) < 4.78 is 25.3. The van der Waals surface area contributed by atoms with Crippen LogP contribution in [-0.2, 0) is 16.4 Å². The molecule has 0 fully saturated rings. The van der Waals surface area contributed by atoms with Gasteiger partial charge >= 0.3 is 0 Å². The minimum Gasteiger partial charge on any atom is -0.322 e. The Morgan fingerprint density at radius 1 is 1.15 bits per heavy atom. The van der Waals surface area contributed by atoms with Gasteiger partial charge in [-0.3, -0.25) is 9.10 Å². The first-order valence-electron chi connectivity index (χ1n) is 8.77. The average molecular weight is 372 g/mol. The molecule has 3 rings (SSSR count). The van der Waals surface area contributed by atoms with Crippen molar-refractivity contribution in [1.82, 2.24) is 0 Å². The van der Waals surface area contributed by atoms with Crippen molar-refractivity contribution in [2.75, 3.05) is 22.4 Å². The number of nitrogens with one attached hydrogen (secondary N) is 1. The van der Waals surface area contributed by atoms with Gasteiger partial charge < -0.3 is 5.32 Å². The lowest BCUT2D eigenvalue weighted by Crippen LogP contribution is -2.34. The van der Waals surface area contributed by atoms with Crippen molar-refractivity contribution in [3.8, 4) is 0 Å². The third-order valence-electron chi connectivity index (χ3n) is 4.63. The van der Waals surface area contributed by atoms with Crippen LogP contribution in [0.25, 0.3) is 0 Å². The number of hydrogen-bond acceptors (Lipinski definition) is 3. The Labute approximate surface area is 155 Å². The van der Waals surface area contributed by atoms with Gasteiger partial charge in [0.25, 0.3) is 5.91 Å². The van der Waals surface area contributed by atoms with E-state index in [1.165, 1.54) is 10.6 Å². The van der Waals surface area contributed by atoms with Gasteiger partial charge in [-0.15, -0.1) is 0 Å². The summed E-state index contributed by atoms with van der Waals surface area (Å²) in [5.74, 6) is 0.197. The van der Waals surface area contributed by atoms with Crippen LogP contribution in [0.5, 0.6) is 0 Å². The van der Waals surface area contributed by atoms with Gasteiger partial charge in [0.1, 0.15) is 0 Å². The first-order chi connectivity index (χ1) is 12.3. The third-order valence-corrected chi connectivity index (χ3v) is 5.81. The molecular formula is C20H24N2O3S. The maximum atomic E-state index is 12.6. The first-order valence-corrected chi connectivity index (χ1v) is 10.6. The summed E-state index contributed by atoms with van der Waals surface area (Å²) in [5.41, 5.74) is 4.03. The Hall–Kier alpha value is -2.34. The molecule has 0 unspecified atom stereocenters. The largest absolute Gasteiger partial charge is 0.322 e. The summed E-state index contributed by atoms with van der Waals surface area (Å²) in [4.78, 5) is 12.6. The second kappa shape index (κ2) is 7.11. The Bertz CT molecular complexity index is 936. The van der Waals surface area contributed by atoms with Gasteiger partial charge in [-0.2, -0.15) is 0 Å². The molecule has 0 radical (unpaired) electrons. The van der Waals surface area contributed by atoms with Crippen molar-refractivity contribution in [1.29, 1.82) is 0 Å². The molecule has 2 aromatic rings. The zero-order valence-electron chi connectivity index (χ0n) is 15.3. The molecule has 1 amide bonds. The van der Waals surface area contributed by atoms with Crippen LogP contribution in [0.2, 0.25) is 0 Å². The van der Waals surface area contributed by atoms with Gasteiger partial charge in [-0.1, -0.05) is 26.0 Å². The monoisotopic (exact) mass is 372 g/mol. The van der Waals surface area contributed by atoms with E-state index in [9.17, 15) is 13.2 Å². The molecule has 1 heterocycles. The molecule has 0 saturated heterocycles. The highest BCUT2D eigenvalue weighted by Gasteiger charge is 2.24. The number of sulfonamides is 1. The molecule has 6 heteroatoms. The maximum Gasteiger partial charge on any atom is 0.255 e. The smallest absolute Gasteiger partial charge is 0.255 e. The zero-order chi connectivity index (χ0) is 18.9. The van der Waals surface area contributed by atoms with Crippen molar-refractivity contribution in [3.63, 3.8) is 0 Å². The van der Waals surface area contributed by atoms with Crippen molar-refractivity contribution in [2.45, 2.75) is 32.6 Å². The Balaban J connectivity index is 1.84. The molecule has 0 aliphatic carbocycles. The number of amides is 1. The van der Waals surface area contributed by atoms with Crippen LogP contribution >= 0.6 is 0 Å². The molecule has 0 atom stereocenters. The molecule has 1 N–H and O–H groups in total. The van der Waals surface area contributed by atoms with E-state index in [0.29, 0.717) is 23.7 Å². The fourth-order valence-corrected chi connectivity index (χ4v) is 4.22. The highest BCUT2D eigenvalue weighted by molar-refractivity contribution is 7.92. The van der Waals surface area contributed by atoms with Crippen LogP contribution in [0.3, 0.4) is 0 Å². The quantitative estimate of drug-likeness (QED) is 0.888. The highest BCUT2D eigenvalue weighted by atomic mass is 32.2. The number of hydrogen-bond donors (Lipinski definition) is 1. The Morgan fingerprint density at radius 3 is 2.62 bits per heavy atom. The summed E-state index contributed by atoms with van der Waals surface area (Å²) in [5, 5.41) is 2.93. The number of anilines is 2. The van der Waals surface area contributed by atoms with E-state index in [2.05, 4.69) is 19.2 Å². The zero-order valence-corrected chi connectivity index (χ0v) is 16.1. The lowest BCUT2D eigenvalue weighted by Gasteiger charge is -2.29. The molecule has 0 bridgehead atoms. The number of carbonyl (C=O) groups is 1. The van der Waals surface area contributed by atoms with Crippen LogP contribution in [0.1, 0.15) is 47.7 Å². The summed E-state index contributed by atoms with van der Waals surface area (Å²) in [6.07, 6.45) is 2.73. The molecule has 1 aliphatic heterocycles. The van der Waals surface area contributed by atoms with E-state index in [1.54, 1.807) is 18.2 Å². The Kier molecular flexibility index (Phi) is 5.05. The number of fused-ring (bicyclic) bond motifs is 1. The highest BCUT2D eigenvalue weighted by Crippen LogP contribution is 2.30. The lowest BCUT2D eigenvalue weighted by atomic mass is 10.00. The summed E-state index contributed by atoms with van der Waals surface area (Å²) in [7, 11) is -3.30. The third kappa shape index (κ3) is 3.90. The number of rotatable bonds is 4. The van der Waals surface area contributed by atoms with E-state index in [1.807, 2.05) is 24.3 Å². The second-order valence-electron chi connectivity index (χ2n) is 7.02. The molecule has 2 aromatic carbocycles. The Morgan fingerprint density at radius 2 is 1.92 bits per heavy atom. The van der Waals surface area contributed by atoms with E-state index in [0.717, 1.165) is 29.7 Å². The van der Waals surface area contributed by atoms with Gasteiger partial charge in [0, 0.05) is 17.8 Å². The van der Waals surface area contributed by atoms with Crippen LogP contribution < -0.4 is 9.62 Å². The fraction of sp³-hybridized carbons (Fsp3) is 0.350. The predicted octanol–water partition coefficient (Wildman–Crippen LogP) is 3.77. The van der Waals surface area contributed by atoms with E-state index < -0.39 is 10.0 Å². The van der Waals surface area contributed by atoms with Gasteiger partial charge in [-0.25, -0.2) is 8.42 Å². The van der Waals surface area contributed by atoms with Gasteiger partial charge in [0.15, 0.2) is 0 Å². The van der Waals surface area contributed by atoms with Gasteiger partial charge in [0.2, 0.25) is 10.0 Å². The topological polar surface area (TPSA) is 66.5 Å². The number of carbonyl (C=O) groups excluding carboxylic acids is 1. The normalized spacial score (nSPS) is 14.2. The van der Waals surface area contributed by atoms with Crippen molar-refractivity contribution in [2.24, 2.45) is 0 Å². The predicted molar refractivity (Wildman–Crippen MR) is 105 cm³/mol. The minimum absolute atomic E-state index is 0.190. The molecule has 1 aliphatic rings. The molecule has 26 heavy (non-hydrogen) atoms. The number of aryl methyl sites for hydroxylation is 1. The van der Waals surface area contributed by atoms with Crippen molar-refractivity contribution >= 4 is 27.3 Å². The maximum absolute atomic E-state index is 12.6. The van der Waals surface area contributed by atoms with E-state index in [4.69, 9.17) is 0 Å². The van der Waals surface area contributed by atoms with E-state index >= 15 is 0 Å². The summed E-state index contributed by atoms with van der Waals surface area (Å²) in [6, 6.07) is 13.0. The summed E-state index contributed by atoms with van der Waals surface area (Å²) >= 11 is 0. The molecule has 5 nitrogen and oxygen atoms in total. The SMILES string of the molecule is CC(C)c1cccc(NC(=O)c2ccc3c(c2)CCCN3S(C)(=O)=O)c1. The van der Waals surface area contributed by atoms with Crippen LogP contribution in [0, 0.1) is 0 Å². The van der Waals surface area contributed by atoms with Crippen molar-refractivity contribution < 1.29 is 13.2 Å². The van der Waals surface area contributed by atoms with Gasteiger partial charge in [0.05, 0.1) is 11.9 Å². The van der Waals surface area contributed by atoms with Crippen LogP contribution in [0.15, 0.2) is 42.5 Å². The van der Waals surface area contributed by atoms with Crippen LogP contribution in [0.4, 0.5) is 11.4 Å². The van der Waals surface area contributed by atoms with Crippen molar-refractivity contribution in [3.05, 3.63) is 59.2 Å². The van der Waals surface area contributed by atoms with Crippen LogP contribution in [-0.4, -0.2) is 27.1 Å². The average Bonchev–Trinajstić information content (AvgIpc) is 2.60.